The predicted octanol–water partition coefficient (Wildman–Crippen LogP) is 2.07. The molecule has 0 aliphatic heterocycles. The van der Waals surface area contributed by atoms with Gasteiger partial charge in [0.2, 0.25) is 0 Å². The van der Waals surface area contributed by atoms with Crippen molar-refractivity contribution in [2.75, 3.05) is 6.61 Å². The second kappa shape index (κ2) is 14.4. The van der Waals surface area contributed by atoms with Gasteiger partial charge in [0.1, 0.15) is 0 Å². The fourth-order valence-electron chi connectivity index (χ4n) is 0.920. The van der Waals surface area contributed by atoms with E-state index in [0.717, 1.165) is 25.7 Å². The summed E-state index contributed by atoms with van der Waals surface area (Å²) in [5.74, 6) is -0.280. The van der Waals surface area contributed by atoms with E-state index in [2.05, 4.69) is 13.5 Å². The van der Waals surface area contributed by atoms with Gasteiger partial charge in [-0.15, -0.1) is 0 Å². The van der Waals surface area contributed by atoms with Crippen LogP contribution in [0.1, 0.15) is 39.0 Å². The number of hydrogen-bond donors (Lipinski definition) is 0. The topological polar surface area (TPSA) is 57.8 Å². The molecular weight excluding hydrogens is 345 g/mol. The molecule has 4 heteroatoms. The molecule has 1 radical (unpaired) electrons. The molecule has 0 heterocycles. The molecule has 0 rings (SSSR count). The van der Waals surface area contributed by atoms with Gasteiger partial charge in [-0.1, -0.05) is 25.8 Å². The molecular formula is C11H21HoO3-. The molecule has 0 aliphatic rings. The largest absolute Gasteiger partial charge is 0.462 e. The maximum absolute atomic E-state index is 10.9. The molecule has 0 spiro atoms. The molecule has 0 aromatic rings. The molecule has 3 nitrogen and oxygen atoms in total. The van der Waals surface area contributed by atoms with Crippen molar-refractivity contribution in [3.8, 4) is 0 Å². The molecule has 0 aliphatic carbocycles. The number of hydrogen-bond acceptors (Lipinski definition) is 2. The molecule has 15 heavy (non-hydrogen) atoms. The minimum absolute atomic E-state index is 0. The Labute approximate surface area is 123 Å². The molecule has 0 fully saturated rings. The Hall–Kier alpha value is 0.430. The van der Waals surface area contributed by atoms with E-state index in [4.69, 9.17) is 4.74 Å². The van der Waals surface area contributed by atoms with Crippen molar-refractivity contribution < 1.29 is 52.7 Å². The average Bonchev–Trinajstić information content (AvgIpc) is 2.10. The number of unbranched alkanes of at least 4 members (excludes halogenated alkanes) is 4. The summed E-state index contributed by atoms with van der Waals surface area (Å²) in [7, 11) is 0. The van der Waals surface area contributed by atoms with Crippen LogP contribution in [0.25, 0.3) is 0 Å². The van der Waals surface area contributed by atoms with Crippen LogP contribution in [-0.4, -0.2) is 18.1 Å². The van der Waals surface area contributed by atoms with Crippen molar-refractivity contribution in [3.63, 3.8) is 0 Å². The molecule has 0 aromatic heterocycles. The standard InChI is InChI=1S/C11H19O2.Ho.H2O/c1-4-5-6-7-8-9-13-11(12)10(2)3;;/h1-2,4-9H2,3H3;;1H2/q-1;;. The molecule has 0 amide bonds. The smallest absolute Gasteiger partial charge is 0.333 e. The van der Waals surface area contributed by atoms with Crippen LogP contribution >= 0.6 is 0 Å². The SMILES string of the molecule is C=C(C)C(=O)OCCCCCC[CH2-].O.[Ho]. The maximum Gasteiger partial charge on any atom is 0.333 e. The molecule has 0 aromatic carbocycles. The van der Waals surface area contributed by atoms with Crippen LogP contribution in [0.15, 0.2) is 12.2 Å². The molecule has 0 saturated heterocycles. The van der Waals surface area contributed by atoms with Gasteiger partial charge in [-0.25, -0.2) is 4.79 Å². The third-order valence-electron chi connectivity index (χ3n) is 1.73. The minimum atomic E-state index is -0.280. The molecule has 0 atom stereocenters. The number of esters is 1. The fourth-order valence-corrected chi connectivity index (χ4v) is 0.920. The zero-order chi connectivity index (χ0) is 10.1. The van der Waals surface area contributed by atoms with Crippen LogP contribution in [0.4, 0.5) is 0 Å². The minimum Gasteiger partial charge on any atom is -0.462 e. The van der Waals surface area contributed by atoms with Crippen LogP contribution in [0.5, 0.6) is 0 Å². The summed E-state index contributed by atoms with van der Waals surface area (Å²) in [6.45, 7) is 9.43. The van der Waals surface area contributed by atoms with Crippen molar-refractivity contribution in [2.45, 2.75) is 39.0 Å². The van der Waals surface area contributed by atoms with E-state index in [9.17, 15) is 4.79 Å². The van der Waals surface area contributed by atoms with Crippen molar-refractivity contribution in [1.82, 2.24) is 0 Å². The van der Waals surface area contributed by atoms with Gasteiger partial charge >= 0.3 is 5.97 Å². The predicted molar refractivity (Wildman–Crippen MR) is 57.8 cm³/mol. The Morgan fingerprint density at radius 2 is 1.80 bits per heavy atom. The van der Waals surface area contributed by atoms with Crippen LogP contribution in [-0.2, 0) is 9.53 Å². The van der Waals surface area contributed by atoms with Gasteiger partial charge in [-0.05, 0) is 13.3 Å². The Morgan fingerprint density at radius 3 is 2.27 bits per heavy atom. The van der Waals surface area contributed by atoms with Crippen LogP contribution in [0.3, 0.4) is 0 Å². The van der Waals surface area contributed by atoms with Crippen molar-refractivity contribution in [2.24, 2.45) is 0 Å². The molecule has 0 saturated carbocycles. The Balaban J connectivity index is -0.000000720. The van der Waals surface area contributed by atoms with Crippen molar-refractivity contribution in [1.29, 1.82) is 0 Å². The molecule has 0 bridgehead atoms. The summed E-state index contributed by atoms with van der Waals surface area (Å²) in [6.07, 6.45) is 5.38. The number of carbonyl (C=O) groups is 1. The zero-order valence-electron chi connectivity index (χ0n) is 9.27. The van der Waals surface area contributed by atoms with Crippen molar-refractivity contribution in [3.05, 3.63) is 19.1 Å². The molecule has 0 unspecified atom stereocenters. The average molecular weight is 366 g/mol. The summed E-state index contributed by atoms with van der Waals surface area (Å²) in [5, 5.41) is 0. The first-order valence-corrected chi connectivity index (χ1v) is 4.80. The second-order valence-corrected chi connectivity index (χ2v) is 3.18. The summed E-state index contributed by atoms with van der Waals surface area (Å²) in [6, 6.07) is 0. The Kier molecular flexibility index (Phi) is 20.0. The first kappa shape index (κ1) is 20.8. The summed E-state index contributed by atoms with van der Waals surface area (Å²) in [4.78, 5) is 10.9. The monoisotopic (exact) mass is 366 g/mol. The summed E-state index contributed by atoms with van der Waals surface area (Å²) < 4.78 is 4.93. The zero-order valence-corrected chi connectivity index (χ0v) is 11.2. The summed E-state index contributed by atoms with van der Waals surface area (Å²) in [5.41, 5.74) is 0.470. The number of rotatable bonds is 7. The van der Waals surface area contributed by atoms with E-state index in [-0.39, 0.29) is 49.2 Å². The third-order valence-corrected chi connectivity index (χ3v) is 1.73. The van der Waals surface area contributed by atoms with Gasteiger partial charge in [-0.2, -0.15) is 6.42 Å². The quantitative estimate of drug-likeness (QED) is 0.228. The second-order valence-electron chi connectivity index (χ2n) is 3.18. The Morgan fingerprint density at radius 1 is 1.27 bits per heavy atom. The van der Waals surface area contributed by atoms with Gasteiger partial charge < -0.3 is 17.1 Å². The van der Waals surface area contributed by atoms with E-state index in [1.54, 1.807) is 6.92 Å². The summed E-state index contributed by atoms with van der Waals surface area (Å²) >= 11 is 0. The van der Waals surface area contributed by atoms with Crippen molar-refractivity contribution >= 4 is 5.97 Å². The molecule has 95 valence electrons. The normalized spacial score (nSPS) is 8.40. The van der Waals surface area contributed by atoms with Crippen LogP contribution in [0, 0.1) is 44.7 Å². The maximum atomic E-state index is 10.9. The first-order chi connectivity index (χ1) is 6.18. The van der Waals surface area contributed by atoms with Gasteiger partial charge in [0, 0.05) is 43.3 Å². The molecule has 2 N–H and O–H groups in total. The van der Waals surface area contributed by atoms with Gasteiger partial charge in [0.15, 0.2) is 0 Å². The van der Waals surface area contributed by atoms with Crippen LogP contribution < -0.4 is 0 Å². The van der Waals surface area contributed by atoms with E-state index in [1.165, 1.54) is 6.42 Å². The van der Waals surface area contributed by atoms with Crippen LogP contribution in [0.2, 0.25) is 0 Å². The fraction of sp³-hybridized carbons (Fsp3) is 0.636. The van der Waals surface area contributed by atoms with E-state index in [0.29, 0.717) is 12.2 Å². The third kappa shape index (κ3) is 14.4. The van der Waals surface area contributed by atoms with E-state index >= 15 is 0 Å². The number of carbonyl (C=O) groups excluding carboxylic acids is 1. The number of ether oxygens (including phenoxy) is 1. The van der Waals surface area contributed by atoms with E-state index < -0.39 is 0 Å². The van der Waals surface area contributed by atoms with Gasteiger partial charge in [-0.3, -0.25) is 0 Å². The van der Waals surface area contributed by atoms with Gasteiger partial charge in [0.25, 0.3) is 0 Å². The van der Waals surface area contributed by atoms with E-state index in [1.807, 2.05) is 0 Å². The Bertz CT molecular complexity index is 169. The van der Waals surface area contributed by atoms with Gasteiger partial charge in [0.05, 0.1) is 6.61 Å². The first-order valence-electron chi connectivity index (χ1n) is 4.80.